The van der Waals surface area contributed by atoms with E-state index >= 15 is 0 Å². The van der Waals surface area contributed by atoms with Crippen LogP contribution in [0.1, 0.15) is 12.2 Å². The van der Waals surface area contributed by atoms with Crippen molar-refractivity contribution in [1.82, 2.24) is 20.6 Å². The average molecular weight is 394 g/mol. The van der Waals surface area contributed by atoms with Gasteiger partial charge in [-0.05, 0) is 0 Å². The summed E-state index contributed by atoms with van der Waals surface area (Å²) in [6.45, 7) is 0. The molecular formula is C6H9N4OPoS. The van der Waals surface area contributed by atoms with Crippen LogP contribution in [0.5, 0.6) is 0 Å². The van der Waals surface area contributed by atoms with Crippen LogP contribution in [0.4, 0.5) is 0 Å². The van der Waals surface area contributed by atoms with E-state index in [0.717, 1.165) is 9.83 Å². The quantitative estimate of drug-likeness (QED) is 0.760. The summed E-state index contributed by atoms with van der Waals surface area (Å²) in [6, 6.07) is 0. The fourth-order valence-electron chi connectivity index (χ4n) is 0.700. The van der Waals surface area contributed by atoms with Crippen LogP contribution in [0, 0.1) is 0 Å². The van der Waals surface area contributed by atoms with E-state index in [-0.39, 0.29) is 5.12 Å². The van der Waals surface area contributed by atoms with Gasteiger partial charge in [0, 0.05) is 0 Å². The standard InChI is InChI=1S/C6H9N4OS.Po/c1-2-6(11)12-4-3-5-7-9-10-8-5;/h1-4H2,(H,7,8,9,10);. The first kappa shape index (κ1) is 11.1. The molecule has 0 aliphatic carbocycles. The number of nitrogens with zero attached hydrogens (tertiary/aromatic N) is 3. The second kappa shape index (κ2) is 6.44. The summed E-state index contributed by atoms with van der Waals surface area (Å²) in [5.41, 5.74) is 0. The number of aromatic nitrogens is 4. The van der Waals surface area contributed by atoms with Crippen LogP contribution in [0.25, 0.3) is 0 Å². The zero-order chi connectivity index (χ0) is 9.52. The van der Waals surface area contributed by atoms with E-state index in [1.54, 1.807) is 0 Å². The molecule has 1 rings (SSSR count). The fourth-order valence-corrected chi connectivity index (χ4v) is 2.74. The summed E-state index contributed by atoms with van der Waals surface area (Å²) >= 11 is 2.81. The number of H-pyrrole nitrogens is 1. The summed E-state index contributed by atoms with van der Waals surface area (Å²) < 4.78 is 0.994. The molecule has 0 spiro atoms. The molecule has 0 bridgehead atoms. The van der Waals surface area contributed by atoms with Gasteiger partial charge < -0.3 is 0 Å². The van der Waals surface area contributed by atoms with Crippen LogP contribution in [-0.4, -0.2) is 56.6 Å². The Morgan fingerprint density at radius 1 is 1.62 bits per heavy atom. The summed E-state index contributed by atoms with van der Waals surface area (Å²) in [5, 5.41) is 13.6. The van der Waals surface area contributed by atoms with Crippen molar-refractivity contribution in [3.8, 4) is 0 Å². The third-order valence-electron chi connectivity index (χ3n) is 1.28. The van der Waals surface area contributed by atoms with Gasteiger partial charge in [-0.1, -0.05) is 0 Å². The Bertz CT molecular complexity index is 253. The molecule has 0 unspecified atom stereocenters. The molecule has 1 radical (unpaired) electrons. The van der Waals surface area contributed by atoms with Gasteiger partial charge in [-0.15, -0.1) is 0 Å². The Balaban J connectivity index is 2.11. The monoisotopic (exact) mass is 394 g/mol. The molecule has 5 nitrogen and oxygen atoms in total. The Hall–Kier alpha value is -0.0139. The third-order valence-corrected chi connectivity index (χ3v) is 3.01. The van der Waals surface area contributed by atoms with Crippen LogP contribution in [0.15, 0.2) is 0 Å². The molecule has 13 heavy (non-hydrogen) atoms. The maximum absolute atomic E-state index is 11.1. The second-order valence-corrected chi connectivity index (χ2v) is 4.99. The Morgan fingerprint density at radius 3 is 3.08 bits per heavy atom. The number of tetrazole rings is 1. The predicted molar refractivity (Wildman–Crippen MR) is 50.5 cm³/mol. The first-order chi connectivity index (χ1) is 6.33. The number of hydrogen-bond acceptors (Lipinski definition) is 5. The van der Waals surface area contributed by atoms with E-state index < -0.39 is 0 Å². The van der Waals surface area contributed by atoms with E-state index in [0.29, 0.717) is 18.7 Å². The van der Waals surface area contributed by atoms with Gasteiger partial charge in [-0.25, -0.2) is 0 Å². The van der Waals surface area contributed by atoms with Crippen molar-refractivity contribution in [1.29, 1.82) is 0 Å². The molecule has 7 heteroatoms. The minimum absolute atomic E-state index is 0.262. The molecule has 0 aliphatic heterocycles. The normalized spacial score (nSPS) is 10.2. The van der Waals surface area contributed by atoms with Gasteiger partial charge in [0.05, 0.1) is 0 Å². The van der Waals surface area contributed by atoms with Gasteiger partial charge in [0.25, 0.3) is 0 Å². The van der Waals surface area contributed by atoms with Crippen molar-refractivity contribution >= 4 is 41.9 Å². The van der Waals surface area contributed by atoms with Crippen LogP contribution >= 0.6 is 11.8 Å². The molecule has 0 aliphatic rings. The first-order valence-electron chi connectivity index (χ1n) is 3.79. The molecular weight excluding hydrogens is 385 g/mol. The molecule has 1 aromatic rings. The Kier molecular flexibility index (Phi) is 5.48. The summed E-state index contributed by atoms with van der Waals surface area (Å²) in [5.74, 6) is 1.41. The molecule has 0 atom stereocenters. The van der Waals surface area contributed by atoms with Crippen LogP contribution in [-0.2, 0) is 11.2 Å². The van der Waals surface area contributed by atoms with E-state index in [9.17, 15) is 4.79 Å². The van der Waals surface area contributed by atoms with Gasteiger partial charge in [-0.3, -0.25) is 0 Å². The van der Waals surface area contributed by atoms with E-state index in [2.05, 4.69) is 20.6 Å². The molecule has 1 heterocycles. The third kappa shape index (κ3) is 4.68. The van der Waals surface area contributed by atoms with Gasteiger partial charge in [-0.2, -0.15) is 0 Å². The molecule has 0 amide bonds. The molecule has 0 aromatic carbocycles. The molecule has 0 saturated carbocycles. The van der Waals surface area contributed by atoms with Crippen molar-refractivity contribution in [2.45, 2.75) is 16.9 Å². The number of rotatable bonds is 5. The van der Waals surface area contributed by atoms with Gasteiger partial charge in [0.15, 0.2) is 0 Å². The van der Waals surface area contributed by atoms with Crippen molar-refractivity contribution in [2.75, 3.05) is 5.75 Å². The summed E-state index contributed by atoms with van der Waals surface area (Å²) in [6.07, 6.45) is 1.38. The fraction of sp³-hybridized carbons (Fsp3) is 0.667. The molecule has 1 N–H and O–H groups in total. The molecule has 1 aromatic heterocycles. The Labute approximate surface area is 95.6 Å². The number of aryl methyl sites for hydroxylation is 1. The van der Waals surface area contributed by atoms with Gasteiger partial charge in [0.2, 0.25) is 0 Å². The molecule has 0 saturated heterocycles. The van der Waals surface area contributed by atoms with Gasteiger partial charge >= 0.3 is 95.9 Å². The van der Waals surface area contributed by atoms with E-state index in [1.807, 2.05) is 0 Å². The SMILES string of the molecule is O=C(C[CH2][Po])SCCc1nn[nH]n1. The van der Waals surface area contributed by atoms with Crippen molar-refractivity contribution in [3.63, 3.8) is 0 Å². The Morgan fingerprint density at radius 2 is 2.46 bits per heavy atom. The number of nitrogens with one attached hydrogen (secondary N) is 1. The number of carbonyl (C=O) groups is 1. The molecule has 71 valence electrons. The zero-order valence-electron chi connectivity index (χ0n) is 6.89. The maximum atomic E-state index is 11.1. The summed E-state index contributed by atoms with van der Waals surface area (Å²) in [7, 11) is 0. The topological polar surface area (TPSA) is 71.5 Å². The first-order valence-corrected chi connectivity index (χ1v) is 7.02. The number of carbonyl (C=O) groups excluding carboxylic acids is 1. The number of hydrogen-bond donors (Lipinski definition) is 1. The number of aromatic amines is 1. The zero-order valence-corrected chi connectivity index (χ0v) is 10.9. The van der Waals surface area contributed by atoms with E-state index in [1.165, 1.54) is 36.8 Å². The second-order valence-electron chi connectivity index (χ2n) is 2.25. The number of thioether (sulfide) groups is 1. The minimum atomic E-state index is 0.262. The van der Waals surface area contributed by atoms with Crippen molar-refractivity contribution < 1.29 is 4.79 Å². The van der Waals surface area contributed by atoms with Crippen molar-refractivity contribution in [2.24, 2.45) is 0 Å². The molecule has 0 fully saturated rings. The van der Waals surface area contributed by atoms with Crippen LogP contribution < -0.4 is 0 Å². The predicted octanol–water partition coefficient (Wildman–Crippen LogP) is -0.0211. The summed E-state index contributed by atoms with van der Waals surface area (Å²) in [4.78, 5) is 11.1. The van der Waals surface area contributed by atoms with Crippen LogP contribution in [0.3, 0.4) is 0 Å². The van der Waals surface area contributed by atoms with Crippen LogP contribution in [0.2, 0.25) is 4.08 Å². The van der Waals surface area contributed by atoms with E-state index in [4.69, 9.17) is 0 Å². The van der Waals surface area contributed by atoms with Crippen molar-refractivity contribution in [3.05, 3.63) is 5.82 Å². The average Bonchev–Trinajstić information content (AvgIpc) is 2.57. The van der Waals surface area contributed by atoms with Gasteiger partial charge in [0.1, 0.15) is 0 Å².